The van der Waals surface area contributed by atoms with Gasteiger partial charge in [-0.3, -0.25) is 0 Å². The zero-order valence-corrected chi connectivity index (χ0v) is 30.1. The van der Waals surface area contributed by atoms with Gasteiger partial charge in [-0.2, -0.15) is 0 Å². The molecule has 0 saturated heterocycles. The first kappa shape index (κ1) is 30.3. The molecule has 0 saturated carbocycles. The van der Waals surface area contributed by atoms with Crippen molar-refractivity contribution in [2.24, 2.45) is 0 Å². The Bertz CT molecular complexity index is 3340. The highest BCUT2D eigenvalue weighted by Gasteiger charge is 2.20. The van der Waals surface area contributed by atoms with Gasteiger partial charge in [0.05, 0.1) is 27.8 Å². The molecule has 0 N–H and O–H groups in total. The summed E-state index contributed by atoms with van der Waals surface area (Å²) in [5, 5.41) is 7.54. The Hall–Kier alpha value is -7.16. The molecule has 2 aromatic heterocycles. The van der Waals surface area contributed by atoms with E-state index in [4.69, 9.17) is 0 Å². The first-order valence-electron chi connectivity index (χ1n) is 19.1. The molecule has 0 spiro atoms. The Morgan fingerprint density at radius 2 is 0.836 bits per heavy atom. The summed E-state index contributed by atoms with van der Waals surface area (Å²) in [6.45, 7) is 0. The lowest BCUT2D eigenvalue weighted by atomic mass is 9.94. The van der Waals surface area contributed by atoms with Gasteiger partial charge in [0, 0.05) is 32.6 Å². The van der Waals surface area contributed by atoms with Gasteiger partial charge in [0.2, 0.25) is 0 Å². The van der Waals surface area contributed by atoms with E-state index in [2.05, 4.69) is 203 Å². The van der Waals surface area contributed by atoms with Gasteiger partial charge in [-0.1, -0.05) is 133 Å². The van der Waals surface area contributed by atoms with Gasteiger partial charge in [-0.05, 0) is 117 Å². The van der Waals surface area contributed by atoms with E-state index in [0.717, 1.165) is 6.42 Å². The van der Waals surface area contributed by atoms with Crippen molar-refractivity contribution in [1.82, 2.24) is 9.13 Å². The number of para-hydroxylation sites is 3. The molecule has 2 heteroatoms. The summed E-state index contributed by atoms with van der Waals surface area (Å²) in [6, 6.07) is 71.7. The maximum atomic E-state index is 2.47. The molecule has 0 atom stereocenters. The van der Waals surface area contributed by atoms with Crippen LogP contribution in [0, 0.1) is 0 Å². The van der Waals surface area contributed by atoms with Crippen LogP contribution >= 0.6 is 0 Å². The fourth-order valence-electron chi connectivity index (χ4n) is 9.45. The van der Waals surface area contributed by atoms with Gasteiger partial charge in [-0.25, -0.2) is 0 Å². The Kier molecular flexibility index (Phi) is 6.43. The average molecular weight is 699 g/mol. The molecule has 55 heavy (non-hydrogen) atoms. The van der Waals surface area contributed by atoms with Crippen molar-refractivity contribution in [3.8, 4) is 44.8 Å². The van der Waals surface area contributed by atoms with Crippen LogP contribution in [-0.2, 0) is 6.42 Å². The summed E-state index contributed by atoms with van der Waals surface area (Å²) in [7, 11) is 0. The first-order chi connectivity index (χ1) is 27.3. The normalized spacial score (nSPS) is 12.3. The number of rotatable bonds is 4. The standard InChI is InChI=1S/C53H34N2/c1-2-13-39(14-3-1)54-49-21-8-6-16-44(49)47-31-34(26-28-52(47)54)35-27-29-53-48(32-35)45-17-7-9-22-50(45)55(53)51-23-11-19-42-40(18-10-20-43(42)51)38-25-24-37-30-36-12-4-5-15-41(36)46(37)33-38/h1-29,31-33H,30H2. The third-order valence-electron chi connectivity index (χ3n) is 11.9. The fraction of sp³-hybridized carbons (Fsp3) is 0.0189. The molecule has 0 amide bonds. The molecule has 2 heterocycles. The van der Waals surface area contributed by atoms with E-state index in [-0.39, 0.29) is 0 Å². The van der Waals surface area contributed by atoms with Crippen molar-refractivity contribution in [3.05, 3.63) is 205 Å². The maximum Gasteiger partial charge on any atom is 0.0541 e. The minimum atomic E-state index is 1.01. The van der Waals surface area contributed by atoms with Crippen molar-refractivity contribution in [2.45, 2.75) is 6.42 Å². The van der Waals surface area contributed by atoms with Crippen molar-refractivity contribution in [1.29, 1.82) is 0 Å². The third-order valence-corrected chi connectivity index (χ3v) is 11.9. The zero-order valence-electron chi connectivity index (χ0n) is 30.1. The molecule has 11 aromatic rings. The van der Waals surface area contributed by atoms with Crippen molar-refractivity contribution < 1.29 is 0 Å². The molecule has 0 bridgehead atoms. The minimum absolute atomic E-state index is 1.01. The van der Waals surface area contributed by atoms with E-state index in [9.17, 15) is 0 Å². The summed E-state index contributed by atoms with van der Waals surface area (Å²) in [5.74, 6) is 0. The van der Waals surface area contributed by atoms with E-state index in [1.165, 1.54) is 110 Å². The van der Waals surface area contributed by atoms with Crippen LogP contribution in [0.25, 0.3) is 99.1 Å². The molecule has 2 nitrogen and oxygen atoms in total. The Labute approximate surface area is 318 Å². The molecule has 0 unspecified atom stereocenters. The van der Waals surface area contributed by atoms with E-state index < -0.39 is 0 Å². The van der Waals surface area contributed by atoms with Crippen LogP contribution in [0.3, 0.4) is 0 Å². The van der Waals surface area contributed by atoms with Crippen LogP contribution in [0.15, 0.2) is 194 Å². The van der Waals surface area contributed by atoms with E-state index >= 15 is 0 Å². The largest absolute Gasteiger partial charge is 0.309 e. The minimum Gasteiger partial charge on any atom is -0.309 e. The van der Waals surface area contributed by atoms with E-state index in [1.54, 1.807) is 0 Å². The van der Waals surface area contributed by atoms with Crippen molar-refractivity contribution in [2.75, 3.05) is 0 Å². The van der Waals surface area contributed by atoms with Gasteiger partial charge in [-0.15, -0.1) is 0 Å². The SMILES string of the molecule is c1ccc(-n2c3ccccc3c3cc(-c4ccc5c(c4)c4ccccc4n5-c4cccc5c(-c6ccc7c(c6)-c6ccccc6C7)cccc45)ccc32)cc1. The molecule has 1 aliphatic carbocycles. The lowest BCUT2D eigenvalue weighted by Gasteiger charge is -2.15. The second-order valence-electron chi connectivity index (χ2n) is 14.9. The van der Waals surface area contributed by atoms with Crippen LogP contribution in [-0.4, -0.2) is 9.13 Å². The van der Waals surface area contributed by atoms with Crippen LogP contribution in [0.5, 0.6) is 0 Å². The van der Waals surface area contributed by atoms with Gasteiger partial charge >= 0.3 is 0 Å². The highest BCUT2D eigenvalue weighted by atomic mass is 15.0. The highest BCUT2D eigenvalue weighted by molar-refractivity contribution is 6.14. The second-order valence-corrected chi connectivity index (χ2v) is 14.9. The molecule has 12 rings (SSSR count). The summed E-state index contributed by atoms with van der Waals surface area (Å²) < 4.78 is 4.85. The molecule has 9 aromatic carbocycles. The third kappa shape index (κ3) is 4.49. The molecule has 256 valence electrons. The number of nitrogens with zero attached hydrogens (tertiary/aromatic N) is 2. The highest BCUT2D eigenvalue weighted by Crippen LogP contribution is 2.43. The van der Waals surface area contributed by atoms with Gasteiger partial charge < -0.3 is 9.13 Å². The number of benzene rings is 9. The predicted molar refractivity (Wildman–Crippen MR) is 232 cm³/mol. The number of hydrogen-bond acceptors (Lipinski definition) is 0. The van der Waals surface area contributed by atoms with Gasteiger partial charge in [0.1, 0.15) is 0 Å². The Morgan fingerprint density at radius 1 is 0.291 bits per heavy atom. The summed E-state index contributed by atoms with van der Waals surface area (Å²) in [5.41, 5.74) is 17.7. The molecule has 0 fully saturated rings. The first-order valence-corrected chi connectivity index (χ1v) is 19.1. The Balaban J connectivity index is 1.02. The predicted octanol–water partition coefficient (Wildman–Crippen LogP) is 13.9. The number of hydrogen-bond donors (Lipinski definition) is 0. The average Bonchev–Trinajstić information content (AvgIpc) is 3.90. The van der Waals surface area contributed by atoms with E-state index in [0.29, 0.717) is 0 Å². The van der Waals surface area contributed by atoms with E-state index in [1.807, 2.05) is 0 Å². The van der Waals surface area contributed by atoms with Crippen molar-refractivity contribution in [3.63, 3.8) is 0 Å². The topological polar surface area (TPSA) is 9.86 Å². The Morgan fingerprint density at radius 3 is 1.62 bits per heavy atom. The fourth-order valence-corrected chi connectivity index (χ4v) is 9.45. The van der Waals surface area contributed by atoms with Gasteiger partial charge in [0.15, 0.2) is 0 Å². The molecule has 0 radical (unpaired) electrons. The van der Waals surface area contributed by atoms with Crippen molar-refractivity contribution >= 4 is 54.4 Å². The van der Waals surface area contributed by atoms with Crippen LogP contribution < -0.4 is 0 Å². The lowest BCUT2D eigenvalue weighted by molar-refractivity contribution is 1.18. The molecular weight excluding hydrogens is 665 g/mol. The molecule has 1 aliphatic rings. The molecular formula is C53H34N2. The number of fused-ring (bicyclic) bond motifs is 10. The van der Waals surface area contributed by atoms with Crippen LogP contribution in [0.2, 0.25) is 0 Å². The smallest absolute Gasteiger partial charge is 0.0541 e. The summed E-state index contributed by atoms with van der Waals surface area (Å²) in [6.07, 6.45) is 1.01. The molecule has 0 aliphatic heterocycles. The quantitative estimate of drug-likeness (QED) is 0.173. The summed E-state index contributed by atoms with van der Waals surface area (Å²) >= 11 is 0. The van der Waals surface area contributed by atoms with Gasteiger partial charge in [0.25, 0.3) is 0 Å². The maximum absolute atomic E-state index is 2.47. The monoisotopic (exact) mass is 698 g/mol. The van der Waals surface area contributed by atoms with Crippen LogP contribution in [0.4, 0.5) is 0 Å². The zero-order chi connectivity index (χ0) is 36.0. The second kappa shape index (κ2) is 11.7. The number of aromatic nitrogens is 2. The van der Waals surface area contributed by atoms with Crippen LogP contribution in [0.1, 0.15) is 11.1 Å². The lowest BCUT2D eigenvalue weighted by Crippen LogP contribution is -1.96. The summed E-state index contributed by atoms with van der Waals surface area (Å²) in [4.78, 5) is 0.